The van der Waals surface area contributed by atoms with E-state index in [9.17, 15) is 0 Å². The summed E-state index contributed by atoms with van der Waals surface area (Å²) in [6.45, 7) is 4.77. The first-order chi connectivity index (χ1) is 64.7. The van der Waals surface area contributed by atoms with Crippen molar-refractivity contribution in [2.45, 2.75) is 19.3 Å². The fourth-order valence-electron chi connectivity index (χ4n) is 22.3. The van der Waals surface area contributed by atoms with Gasteiger partial charge < -0.3 is 0 Å². The molecule has 608 valence electrons. The molecule has 0 spiro atoms. The topological polar surface area (TPSA) is 0 Å². The highest BCUT2D eigenvalue weighted by molar-refractivity contribution is 6.30. The van der Waals surface area contributed by atoms with Gasteiger partial charge in [-0.1, -0.05) is 463 Å². The number of rotatable bonds is 9. The molecule has 0 atom stereocenters. The van der Waals surface area contributed by atoms with Gasteiger partial charge in [0.15, 0.2) is 0 Å². The first kappa shape index (κ1) is 75.7. The van der Waals surface area contributed by atoms with E-state index in [1.807, 2.05) is 0 Å². The van der Waals surface area contributed by atoms with Crippen molar-refractivity contribution in [1.29, 1.82) is 0 Å². The maximum absolute atomic E-state index is 2.46. The Bertz CT molecular complexity index is 9250. The molecule has 27 aromatic carbocycles. The quantitative estimate of drug-likeness (QED) is 0.126. The molecule has 0 radical (unpaired) electrons. The predicted molar refractivity (Wildman–Crippen MR) is 564 cm³/mol. The zero-order valence-corrected chi connectivity index (χ0v) is 72.5. The van der Waals surface area contributed by atoms with Crippen LogP contribution >= 0.6 is 0 Å². The summed E-state index contributed by atoms with van der Waals surface area (Å²) in [6.07, 6.45) is 0. The molecular weight excluding hydrogens is 1570 g/mol. The van der Waals surface area contributed by atoms with Gasteiger partial charge in [0.1, 0.15) is 0 Å². The molecule has 0 aliphatic heterocycles. The molecule has 0 amide bonds. The highest BCUT2D eigenvalue weighted by Gasteiger charge is 2.36. The summed E-state index contributed by atoms with van der Waals surface area (Å²) in [6, 6.07) is 175. The first-order valence-electron chi connectivity index (χ1n) is 45.8. The zero-order chi connectivity index (χ0) is 86.5. The summed E-state index contributed by atoms with van der Waals surface area (Å²) in [4.78, 5) is 0. The largest absolute Gasteiger partial charge is 0.0616 e. The summed E-state index contributed by atoms with van der Waals surface area (Å²) in [7, 11) is 0. The molecule has 0 heterocycles. The van der Waals surface area contributed by atoms with Crippen molar-refractivity contribution in [3.05, 3.63) is 484 Å². The van der Waals surface area contributed by atoms with Crippen LogP contribution in [0.1, 0.15) is 25.0 Å². The van der Waals surface area contributed by atoms with Crippen LogP contribution in [0.5, 0.6) is 0 Å². The Kier molecular flexibility index (Phi) is 17.5. The van der Waals surface area contributed by atoms with Crippen LogP contribution in [-0.4, -0.2) is 0 Å². The van der Waals surface area contributed by atoms with Crippen LogP contribution in [0.3, 0.4) is 0 Å². The number of benzene rings is 27. The van der Waals surface area contributed by atoms with Crippen molar-refractivity contribution >= 4 is 151 Å². The average Bonchev–Trinajstić information content (AvgIpc) is 1.67. The Morgan fingerprint density at radius 1 is 0.115 bits per heavy atom. The van der Waals surface area contributed by atoms with Crippen molar-refractivity contribution in [2.24, 2.45) is 0 Å². The van der Waals surface area contributed by atoms with E-state index in [2.05, 4.69) is 487 Å². The van der Waals surface area contributed by atoms with Gasteiger partial charge in [-0.15, -0.1) is 0 Å². The highest BCUT2D eigenvalue weighted by Crippen LogP contribution is 2.53. The smallest absolute Gasteiger partial charge is 0.0159 e. The lowest BCUT2D eigenvalue weighted by molar-refractivity contribution is 0.661. The second-order valence-corrected chi connectivity index (χ2v) is 36.3. The van der Waals surface area contributed by atoms with E-state index in [0.717, 1.165) is 0 Å². The minimum absolute atomic E-state index is 0.0922. The third kappa shape index (κ3) is 12.5. The highest BCUT2D eigenvalue weighted by atomic mass is 14.4. The van der Waals surface area contributed by atoms with Crippen LogP contribution in [0.2, 0.25) is 0 Å². The maximum atomic E-state index is 2.46. The van der Waals surface area contributed by atoms with Gasteiger partial charge in [-0.05, 0) is 297 Å². The summed E-state index contributed by atoms with van der Waals surface area (Å²) in [5, 5.41) is 36.5. The van der Waals surface area contributed by atoms with E-state index < -0.39 is 0 Å². The van der Waals surface area contributed by atoms with Crippen molar-refractivity contribution in [3.63, 3.8) is 0 Å². The molecule has 0 unspecified atom stereocenters. The van der Waals surface area contributed by atoms with E-state index in [4.69, 9.17) is 0 Å². The normalized spacial score (nSPS) is 12.4. The standard InChI is InChI=1S/C48H30.C42H26.C41H28/c1-2-8-39-30-40(21-14-31(39)6-1)32-12-15-35(16-13-32)43-26-22-37-25-29-46-44(27-23-38-24-28-45(43)47(37)48(38)46)36-19-17-34(18-20-36)42-11-5-9-33-7-3-4-10-41(33)42;1-2-8-33-26-34(17-12-27(33)6-1)38-23-19-32-20-24-39-37(22-18-31-21-25-40(38)42(32)41(31)39)30-15-13-29(14-16-30)36-11-5-9-28-7-3-4-10-35(28)36;1-41(2)37-23-29(32-12-6-8-25-7-3-4-11-31(25)32)17-20-34(37)35-21-18-30(24-38(35)41)33-19-15-28-14-13-26-9-5-10-27-16-22-36(33)40(28)39(26)27/h1-30H;1-26H;3-24H,1-2H3. The molecule has 27 aromatic rings. The lowest BCUT2D eigenvalue weighted by Crippen LogP contribution is -2.15. The molecule has 0 heteroatoms. The summed E-state index contributed by atoms with van der Waals surface area (Å²) in [5.74, 6) is 0. The van der Waals surface area contributed by atoms with E-state index in [-0.39, 0.29) is 5.41 Å². The lowest BCUT2D eigenvalue weighted by Gasteiger charge is -2.23. The molecule has 1 aliphatic rings. The fourth-order valence-corrected chi connectivity index (χ4v) is 22.3. The number of fused-ring (bicyclic) bond motifs is 8. The Morgan fingerprint density at radius 2 is 0.321 bits per heavy atom. The van der Waals surface area contributed by atoms with E-state index in [1.165, 1.54) is 273 Å². The van der Waals surface area contributed by atoms with Gasteiger partial charge in [-0.25, -0.2) is 0 Å². The van der Waals surface area contributed by atoms with Gasteiger partial charge in [0, 0.05) is 5.41 Å². The Hall–Kier alpha value is -16.6. The summed E-state index contributed by atoms with van der Waals surface area (Å²) < 4.78 is 0. The van der Waals surface area contributed by atoms with Crippen LogP contribution in [-0.2, 0) is 5.41 Å². The third-order valence-electron chi connectivity index (χ3n) is 28.9. The number of hydrogen-bond donors (Lipinski definition) is 0. The van der Waals surface area contributed by atoms with Crippen LogP contribution in [0, 0.1) is 0 Å². The fraction of sp³-hybridized carbons (Fsp3) is 0.0229. The van der Waals surface area contributed by atoms with Crippen molar-refractivity contribution in [2.75, 3.05) is 0 Å². The zero-order valence-electron chi connectivity index (χ0n) is 72.5. The molecule has 28 rings (SSSR count). The molecule has 0 nitrogen and oxygen atoms in total. The summed E-state index contributed by atoms with van der Waals surface area (Å²) >= 11 is 0. The Labute approximate surface area is 760 Å². The second-order valence-electron chi connectivity index (χ2n) is 36.3. The van der Waals surface area contributed by atoms with E-state index >= 15 is 0 Å². The molecule has 0 saturated heterocycles. The van der Waals surface area contributed by atoms with Gasteiger partial charge in [-0.3, -0.25) is 0 Å². The van der Waals surface area contributed by atoms with Crippen LogP contribution in [0.15, 0.2) is 473 Å². The van der Waals surface area contributed by atoms with Crippen molar-refractivity contribution in [3.8, 4) is 111 Å². The minimum Gasteiger partial charge on any atom is -0.0616 e. The molecule has 131 heavy (non-hydrogen) atoms. The molecule has 0 saturated carbocycles. The molecule has 0 N–H and O–H groups in total. The van der Waals surface area contributed by atoms with E-state index in [1.54, 1.807) is 0 Å². The van der Waals surface area contributed by atoms with Gasteiger partial charge in [-0.2, -0.15) is 0 Å². The molecule has 0 bridgehead atoms. The molecule has 1 aliphatic carbocycles. The minimum atomic E-state index is -0.0922. The maximum Gasteiger partial charge on any atom is 0.0159 e. The van der Waals surface area contributed by atoms with Crippen LogP contribution in [0.25, 0.3) is 262 Å². The van der Waals surface area contributed by atoms with E-state index in [0.29, 0.717) is 0 Å². The van der Waals surface area contributed by atoms with Gasteiger partial charge in [0.05, 0.1) is 0 Å². The van der Waals surface area contributed by atoms with Crippen LogP contribution in [0.4, 0.5) is 0 Å². The van der Waals surface area contributed by atoms with Crippen LogP contribution < -0.4 is 0 Å². The molecule has 0 aromatic heterocycles. The van der Waals surface area contributed by atoms with Crippen molar-refractivity contribution in [1.82, 2.24) is 0 Å². The van der Waals surface area contributed by atoms with Gasteiger partial charge in [0.25, 0.3) is 0 Å². The van der Waals surface area contributed by atoms with Gasteiger partial charge in [0.2, 0.25) is 0 Å². The predicted octanol–water partition coefficient (Wildman–Crippen LogP) is 36.8. The third-order valence-corrected chi connectivity index (χ3v) is 28.9. The average molecular weight is 1660 g/mol. The Balaban J connectivity index is 0.000000104. The molecule has 0 fully saturated rings. The summed E-state index contributed by atoms with van der Waals surface area (Å²) in [5.41, 5.74) is 28.2. The van der Waals surface area contributed by atoms with Gasteiger partial charge >= 0.3 is 0 Å². The monoisotopic (exact) mass is 1660 g/mol. The Morgan fingerprint density at radius 3 is 0.687 bits per heavy atom. The number of hydrogen-bond acceptors (Lipinski definition) is 0. The first-order valence-corrected chi connectivity index (χ1v) is 45.8. The van der Waals surface area contributed by atoms with Crippen molar-refractivity contribution < 1.29 is 0 Å². The second kappa shape index (κ2) is 30.3. The molecular formula is C131H84. The SMILES string of the molecule is CC1(C)c2cc(-c3cccc4ccccc34)ccc2-c2ccc(-c3ccc4ccc5cccc6ccc3c4c56)cc21.c1ccc2cc(-c3ccc(-c4ccc5ccc6c(-c7ccc(-c8cccc9ccccc89)cc7)ccc7ccc4c5c76)cc3)ccc2c1.c1ccc2cc(-c3ccc4ccc5c(-c6ccc(-c7cccc8ccccc78)cc6)ccc6ccc3c4c65)ccc2c1. The lowest BCUT2D eigenvalue weighted by atomic mass is 9.80.